The van der Waals surface area contributed by atoms with E-state index in [4.69, 9.17) is 0 Å². The Morgan fingerprint density at radius 3 is 2.86 bits per heavy atom. The molecule has 1 saturated heterocycles. The number of thiazole rings is 1. The van der Waals surface area contributed by atoms with E-state index in [0.717, 1.165) is 30.6 Å². The van der Waals surface area contributed by atoms with Gasteiger partial charge in [0.2, 0.25) is 5.91 Å². The lowest BCUT2D eigenvalue weighted by Crippen LogP contribution is -2.32. The number of hydrogen-bond donors (Lipinski definition) is 0. The largest absolute Gasteiger partial charge is 0.336 e. The van der Waals surface area contributed by atoms with E-state index >= 15 is 0 Å². The molecule has 2 aromatic rings. The van der Waals surface area contributed by atoms with E-state index in [2.05, 4.69) is 4.98 Å². The Labute approximate surface area is 133 Å². The summed E-state index contributed by atoms with van der Waals surface area (Å²) in [5, 5.41) is 1.84. The second-order valence-electron chi connectivity index (χ2n) is 5.57. The van der Waals surface area contributed by atoms with Crippen molar-refractivity contribution in [2.24, 2.45) is 0 Å². The average molecular weight is 317 g/mol. The third kappa shape index (κ3) is 2.97. The Kier molecular flexibility index (Phi) is 4.38. The molecule has 1 aliphatic heterocycles. The Balaban J connectivity index is 1.68. The van der Waals surface area contributed by atoms with Crippen molar-refractivity contribution in [3.05, 3.63) is 50.8 Å². The molecular formula is C16H19N3O2S. The van der Waals surface area contributed by atoms with Crippen molar-refractivity contribution in [3.8, 4) is 0 Å². The molecule has 0 radical (unpaired) electrons. The molecule has 3 rings (SSSR count). The molecule has 1 atom stereocenters. The number of likely N-dealkylation sites (tertiary alicyclic amines) is 1. The molecule has 0 spiro atoms. The number of rotatable bonds is 4. The molecule has 0 saturated carbocycles. The number of carbonyl (C=O) groups excluding carboxylic acids is 1. The summed E-state index contributed by atoms with van der Waals surface area (Å²) < 4.78 is 1.68. The lowest BCUT2D eigenvalue weighted by molar-refractivity contribution is -0.132. The lowest BCUT2D eigenvalue weighted by atomic mass is 10.1. The predicted molar refractivity (Wildman–Crippen MR) is 85.9 cm³/mol. The summed E-state index contributed by atoms with van der Waals surface area (Å²) in [7, 11) is 0. The van der Waals surface area contributed by atoms with Crippen LogP contribution in [0.4, 0.5) is 0 Å². The molecule has 22 heavy (non-hydrogen) atoms. The fourth-order valence-electron chi connectivity index (χ4n) is 3.02. The summed E-state index contributed by atoms with van der Waals surface area (Å²) >= 11 is 1.19. The zero-order valence-electron chi connectivity index (χ0n) is 12.6. The number of aromatic nitrogens is 2. The molecule has 1 aliphatic rings. The van der Waals surface area contributed by atoms with Crippen LogP contribution in [-0.2, 0) is 11.3 Å². The van der Waals surface area contributed by atoms with Gasteiger partial charge in [-0.05, 0) is 37.5 Å². The molecule has 5 nitrogen and oxygen atoms in total. The number of pyridine rings is 1. The maximum Gasteiger partial charge on any atom is 0.307 e. The molecule has 1 fully saturated rings. The predicted octanol–water partition coefficient (Wildman–Crippen LogP) is 2.37. The van der Waals surface area contributed by atoms with Gasteiger partial charge in [0.1, 0.15) is 0 Å². The van der Waals surface area contributed by atoms with Crippen LogP contribution in [0.3, 0.4) is 0 Å². The van der Waals surface area contributed by atoms with Gasteiger partial charge in [0.15, 0.2) is 0 Å². The van der Waals surface area contributed by atoms with Gasteiger partial charge in [-0.2, -0.15) is 0 Å². The van der Waals surface area contributed by atoms with Gasteiger partial charge in [-0.25, -0.2) is 0 Å². The van der Waals surface area contributed by atoms with E-state index in [1.165, 1.54) is 11.3 Å². The Hall–Kier alpha value is -1.95. The van der Waals surface area contributed by atoms with Crippen molar-refractivity contribution in [1.29, 1.82) is 0 Å². The maximum absolute atomic E-state index is 12.5. The highest BCUT2D eigenvalue weighted by molar-refractivity contribution is 7.07. The second-order valence-corrected chi connectivity index (χ2v) is 6.39. The molecule has 0 unspecified atom stereocenters. The van der Waals surface area contributed by atoms with Gasteiger partial charge in [-0.1, -0.05) is 11.3 Å². The Morgan fingerprint density at radius 2 is 2.18 bits per heavy atom. The molecule has 6 heteroatoms. The van der Waals surface area contributed by atoms with E-state index in [9.17, 15) is 9.59 Å². The van der Waals surface area contributed by atoms with Crippen LogP contribution in [0, 0.1) is 6.92 Å². The fourth-order valence-corrected chi connectivity index (χ4v) is 3.78. The zero-order valence-corrected chi connectivity index (χ0v) is 13.4. The summed E-state index contributed by atoms with van der Waals surface area (Å²) in [5.41, 5.74) is 2.07. The Bertz CT molecular complexity index is 708. The van der Waals surface area contributed by atoms with E-state index in [1.807, 2.05) is 29.3 Å². The van der Waals surface area contributed by atoms with Crippen molar-refractivity contribution < 1.29 is 4.79 Å². The molecule has 0 aromatic carbocycles. The van der Waals surface area contributed by atoms with Crippen molar-refractivity contribution in [3.63, 3.8) is 0 Å². The normalized spacial score (nSPS) is 17.9. The van der Waals surface area contributed by atoms with Crippen LogP contribution in [0.2, 0.25) is 0 Å². The Morgan fingerprint density at radius 1 is 1.41 bits per heavy atom. The van der Waals surface area contributed by atoms with E-state index in [1.54, 1.807) is 17.0 Å². The summed E-state index contributed by atoms with van der Waals surface area (Å²) in [4.78, 5) is 30.2. The van der Waals surface area contributed by atoms with Crippen LogP contribution in [0.1, 0.15) is 36.6 Å². The van der Waals surface area contributed by atoms with Gasteiger partial charge in [0.25, 0.3) is 0 Å². The summed E-state index contributed by atoms with van der Waals surface area (Å²) in [5.74, 6) is 0.122. The van der Waals surface area contributed by atoms with Crippen molar-refractivity contribution in [2.75, 3.05) is 6.54 Å². The van der Waals surface area contributed by atoms with Gasteiger partial charge in [-0.3, -0.25) is 14.6 Å². The average Bonchev–Trinajstić information content (AvgIpc) is 3.14. The maximum atomic E-state index is 12.5. The fraction of sp³-hybridized carbons (Fsp3) is 0.438. The van der Waals surface area contributed by atoms with Gasteiger partial charge in [0.05, 0.1) is 6.04 Å². The second kappa shape index (κ2) is 6.44. The van der Waals surface area contributed by atoms with E-state index in [0.29, 0.717) is 13.0 Å². The molecule has 0 N–H and O–H groups in total. The molecular weight excluding hydrogens is 298 g/mol. The summed E-state index contributed by atoms with van der Waals surface area (Å²) in [6, 6.07) is 4.10. The molecule has 0 aliphatic carbocycles. The first kappa shape index (κ1) is 15.0. The highest BCUT2D eigenvalue weighted by Crippen LogP contribution is 2.31. The van der Waals surface area contributed by atoms with Crippen LogP contribution in [0.15, 0.2) is 34.7 Å². The third-order valence-electron chi connectivity index (χ3n) is 4.19. The van der Waals surface area contributed by atoms with Crippen LogP contribution in [0.5, 0.6) is 0 Å². The van der Waals surface area contributed by atoms with Crippen LogP contribution < -0.4 is 4.87 Å². The van der Waals surface area contributed by atoms with E-state index in [-0.39, 0.29) is 16.8 Å². The summed E-state index contributed by atoms with van der Waals surface area (Å²) in [6.07, 6.45) is 5.93. The number of hydrogen-bond acceptors (Lipinski definition) is 4. The van der Waals surface area contributed by atoms with Crippen molar-refractivity contribution >= 4 is 17.2 Å². The smallest absolute Gasteiger partial charge is 0.307 e. The molecule has 3 heterocycles. The highest BCUT2D eigenvalue weighted by Gasteiger charge is 2.29. The monoisotopic (exact) mass is 317 g/mol. The van der Waals surface area contributed by atoms with Crippen molar-refractivity contribution in [1.82, 2.24) is 14.5 Å². The lowest BCUT2D eigenvalue weighted by Gasteiger charge is -2.25. The SMILES string of the molecule is Cc1csc(=O)n1CCC(=O)N1CCC[C@@H]1c1ccncc1. The zero-order chi connectivity index (χ0) is 15.5. The first-order chi connectivity index (χ1) is 10.7. The van der Waals surface area contributed by atoms with Crippen molar-refractivity contribution in [2.45, 2.75) is 38.8 Å². The van der Waals surface area contributed by atoms with Gasteiger partial charge in [-0.15, -0.1) is 0 Å². The quantitative estimate of drug-likeness (QED) is 0.870. The molecule has 2 aromatic heterocycles. The van der Waals surface area contributed by atoms with E-state index < -0.39 is 0 Å². The molecule has 1 amide bonds. The first-order valence-corrected chi connectivity index (χ1v) is 8.39. The minimum atomic E-state index is 0.0115. The number of aryl methyl sites for hydroxylation is 1. The van der Waals surface area contributed by atoms with Gasteiger partial charge < -0.3 is 9.47 Å². The first-order valence-electron chi connectivity index (χ1n) is 7.51. The molecule has 0 bridgehead atoms. The summed E-state index contributed by atoms with van der Waals surface area (Å²) in [6.45, 7) is 3.16. The topological polar surface area (TPSA) is 55.2 Å². The van der Waals surface area contributed by atoms with Gasteiger partial charge in [0, 0.05) is 43.0 Å². The number of carbonyl (C=O) groups is 1. The number of amides is 1. The van der Waals surface area contributed by atoms with Crippen LogP contribution >= 0.6 is 11.3 Å². The minimum Gasteiger partial charge on any atom is -0.336 e. The number of nitrogens with zero attached hydrogens (tertiary/aromatic N) is 3. The molecule has 116 valence electrons. The van der Waals surface area contributed by atoms with Crippen LogP contribution in [-0.4, -0.2) is 26.9 Å². The third-order valence-corrected chi connectivity index (χ3v) is 5.07. The van der Waals surface area contributed by atoms with Crippen LogP contribution in [0.25, 0.3) is 0 Å². The van der Waals surface area contributed by atoms with Gasteiger partial charge >= 0.3 is 4.87 Å². The minimum absolute atomic E-state index is 0.0115. The highest BCUT2D eigenvalue weighted by atomic mass is 32.1. The standard InChI is InChI=1S/C16H19N3O2S/c1-12-11-22-16(21)18(12)10-6-15(20)19-9-2-3-14(19)13-4-7-17-8-5-13/h4-5,7-8,11,14H,2-3,6,9-10H2,1H3/t14-/m1/s1.